The smallest absolute Gasteiger partial charge is 0.377 e. The van der Waals surface area contributed by atoms with Crippen LogP contribution in [0.25, 0.3) is 0 Å². The average Bonchev–Trinajstić information content (AvgIpc) is 2.19. The maximum Gasteiger partial charge on any atom is 0.500 e. The molecule has 100 valence electrons. The van der Waals surface area contributed by atoms with E-state index in [0.717, 1.165) is 12.5 Å². The molecule has 16 heavy (non-hydrogen) atoms. The van der Waals surface area contributed by atoms with Gasteiger partial charge in [-0.25, -0.2) is 0 Å². The largest absolute Gasteiger partial charge is 0.500 e. The molecule has 0 radical (unpaired) electrons. The van der Waals surface area contributed by atoms with Crippen molar-refractivity contribution < 1.29 is 13.3 Å². The molecule has 0 heterocycles. The molecule has 0 aromatic carbocycles. The van der Waals surface area contributed by atoms with Crippen LogP contribution in [0.15, 0.2) is 0 Å². The third-order valence-corrected chi connectivity index (χ3v) is 4.65. The molecule has 0 aliphatic rings. The van der Waals surface area contributed by atoms with Crippen LogP contribution in [0, 0.1) is 0 Å². The van der Waals surface area contributed by atoms with Crippen LogP contribution >= 0.6 is 33.8 Å². The highest BCUT2D eigenvalue weighted by Crippen LogP contribution is 2.14. The van der Waals surface area contributed by atoms with Crippen LogP contribution in [0.5, 0.6) is 0 Å². The van der Waals surface area contributed by atoms with Gasteiger partial charge >= 0.3 is 8.80 Å². The summed E-state index contributed by atoms with van der Waals surface area (Å²) in [5, 5.41) is 0. The van der Waals surface area contributed by atoms with Crippen LogP contribution in [-0.2, 0) is 13.3 Å². The number of hydrogen-bond acceptors (Lipinski definition) is 3. The predicted molar refractivity (Wildman–Crippen MR) is 76.1 cm³/mol. The van der Waals surface area contributed by atoms with E-state index >= 15 is 0 Å². The van der Waals surface area contributed by atoms with E-state index in [1.54, 1.807) is 21.3 Å². The number of halogens is 3. The molecule has 0 N–H and O–H groups in total. The molecule has 0 aliphatic heterocycles. The van der Waals surface area contributed by atoms with Crippen LogP contribution in [0.3, 0.4) is 0 Å². The lowest BCUT2D eigenvalue weighted by molar-refractivity contribution is 0.123. The van der Waals surface area contributed by atoms with Crippen molar-refractivity contribution in [2.45, 2.75) is 25.6 Å². The van der Waals surface area contributed by atoms with Gasteiger partial charge in [0.2, 0.25) is 6.69 Å². The van der Waals surface area contributed by atoms with Gasteiger partial charge in [-0.2, -0.15) is 0 Å². The standard InChI is InChI=1S/C6H15ClO3Si.C2H6Cl2Si/c1-8-11(9-2,10-3)6-4-5-7;1-5(2,3)4/h4-6H2,1-3H3;1-2H3. The van der Waals surface area contributed by atoms with Crippen molar-refractivity contribution in [3.8, 4) is 0 Å². The van der Waals surface area contributed by atoms with Gasteiger partial charge in [0.25, 0.3) is 0 Å². The van der Waals surface area contributed by atoms with Crippen molar-refractivity contribution in [3.63, 3.8) is 0 Å². The Hall–Kier alpha value is 1.18. The minimum atomic E-state index is -2.32. The summed E-state index contributed by atoms with van der Waals surface area (Å²) in [6.07, 6.45) is 0.864. The number of rotatable bonds is 6. The van der Waals surface area contributed by atoms with Crippen LogP contribution < -0.4 is 0 Å². The summed E-state index contributed by atoms with van der Waals surface area (Å²) in [4.78, 5) is 0. The summed E-state index contributed by atoms with van der Waals surface area (Å²) in [6.45, 7) is 2.05. The second-order valence-electron chi connectivity index (χ2n) is 3.42. The molecule has 0 atom stereocenters. The minimum absolute atomic E-state index is 0.616. The molecule has 0 aliphatic carbocycles. The maximum absolute atomic E-state index is 5.53. The maximum atomic E-state index is 5.53. The van der Waals surface area contributed by atoms with Gasteiger partial charge < -0.3 is 13.3 Å². The van der Waals surface area contributed by atoms with Gasteiger partial charge in [-0.3, -0.25) is 0 Å². The van der Waals surface area contributed by atoms with Gasteiger partial charge in [-0.15, -0.1) is 33.8 Å². The zero-order valence-corrected chi connectivity index (χ0v) is 14.7. The monoisotopic (exact) mass is 326 g/mol. The zero-order valence-electron chi connectivity index (χ0n) is 10.5. The van der Waals surface area contributed by atoms with Crippen molar-refractivity contribution in [1.29, 1.82) is 0 Å². The second-order valence-corrected chi connectivity index (χ2v) is 15.8. The Morgan fingerprint density at radius 3 is 1.44 bits per heavy atom. The van der Waals surface area contributed by atoms with Crippen molar-refractivity contribution in [2.75, 3.05) is 27.2 Å². The van der Waals surface area contributed by atoms with E-state index in [1.807, 2.05) is 13.1 Å². The first-order valence-corrected chi connectivity index (χ1v) is 12.3. The molecule has 0 aromatic heterocycles. The summed E-state index contributed by atoms with van der Waals surface area (Å²) in [6, 6.07) is 0.778. The van der Waals surface area contributed by atoms with Gasteiger partial charge in [0.05, 0.1) is 0 Å². The van der Waals surface area contributed by atoms with Gasteiger partial charge in [-0.05, 0) is 19.5 Å². The Kier molecular flexibility index (Phi) is 12.4. The normalized spacial score (nSPS) is 12.0. The Morgan fingerprint density at radius 1 is 0.938 bits per heavy atom. The predicted octanol–water partition coefficient (Wildman–Crippen LogP) is 3.66. The highest BCUT2D eigenvalue weighted by Gasteiger charge is 2.36. The first kappa shape index (κ1) is 19.5. The lowest BCUT2D eigenvalue weighted by Crippen LogP contribution is -2.42. The molecule has 0 fully saturated rings. The van der Waals surface area contributed by atoms with Crippen molar-refractivity contribution in [3.05, 3.63) is 0 Å². The average molecular weight is 328 g/mol. The molecule has 8 heteroatoms. The zero-order chi connectivity index (χ0) is 13.2. The third-order valence-electron chi connectivity index (χ3n) is 1.55. The molecule has 0 saturated heterocycles. The van der Waals surface area contributed by atoms with Gasteiger partial charge in [0.15, 0.2) is 0 Å². The quantitative estimate of drug-likeness (QED) is 0.423. The number of alkyl halides is 1. The number of hydrogen-bond donors (Lipinski definition) is 0. The Labute approximate surface area is 115 Å². The van der Waals surface area contributed by atoms with E-state index < -0.39 is 15.5 Å². The molecule has 0 bridgehead atoms. The molecule has 0 saturated carbocycles. The molecule has 0 aromatic rings. The van der Waals surface area contributed by atoms with Gasteiger partial charge in [0.1, 0.15) is 0 Å². The van der Waals surface area contributed by atoms with Crippen molar-refractivity contribution in [1.82, 2.24) is 0 Å². The second kappa shape index (κ2) is 10.1. The van der Waals surface area contributed by atoms with Crippen LogP contribution in [0.1, 0.15) is 6.42 Å². The summed E-state index contributed by atoms with van der Waals surface area (Å²) in [7, 11) is 2.49. The van der Waals surface area contributed by atoms with Gasteiger partial charge in [0, 0.05) is 33.3 Å². The Morgan fingerprint density at radius 2 is 1.25 bits per heavy atom. The summed E-state index contributed by atoms with van der Waals surface area (Å²) >= 11 is 16.4. The highest BCUT2D eigenvalue weighted by molar-refractivity contribution is 7.44. The molecule has 3 nitrogen and oxygen atoms in total. The third kappa shape index (κ3) is 13.2. The SMILES string of the molecule is CO[Si](CCCCl)(OC)OC.C[Si](C)(Cl)Cl. The lowest BCUT2D eigenvalue weighted by Gasteiger charge is -2.23. The van der Waals surface area contributed by atoms with E-state index in [1.165, 1.54) is 0 Å². The van der Waals surface area contributed by atoms with Crippen LogP contribution in [0.2, 0.25) is 19.1 Å². The Bertz CT molecular complexity index is 149. The fourth-order valence-electron chi connectivity index (χ4n) is 0.840. The van der Waals surface area contributed by atoms with Crippen molar-refractivity contribution in [2.24, 2.45) is 0 Å². The van der Waals surface area contributed by atoms with E-state index in [0.29, 0.717) is 5.88 Å². The topological polar surface area (TPSA) is 27.7 Å². The van der Waals surface area contributed by atoms with Crippen molar-refractivity contribution >= 4 is 49.3 Å². The molecular weight excluding hydrogens is 307 g/mol. The first-order chi connectivity index (χ1) is 7.24. The molecule has 0 rings (SSSR count). The lowest BCUT2D eigenvalue weighted by atomic mass is 10.6. The first-order valence-electron chi connectivity index (χ1n) is 4.84. The van der Waals surface area contributed by atoms with E-state index in [2.05, 4.69) is 0 Å². The summed E-state index contributed by atoms with van der Waals surface area (Å²) in [5.41, 5.74) is 0. The van der Waals surface area contributed by atoms with E-state index in [4.69, 9.17) is 47.0 Å². The highest BCUT2D eigenvalue weighted by atomic mass is 35.7. The minimum Gasteiger partial charge on any atom is -0.377 e. The van der Waals surface area contributed by atoms with Gasteiger partial charge in [-0.1, -0.05) is 0 Å². The van der Waals surface area contributed by atoms with E-state index in [-0.39, 0.29) is 0 Å². The van der Waals surface area contributed by atoms with Crippen LogP contribution in [-0.4, -0.2) is 42.7 Å². The molecule has 0 unspecified atom stereocenters. The van der Waals surface area contributed by atoms with Crippen LogP contribution in [0.4, 0.5) is 0 Å². The summed E-state index contributed by atoms with van der Waals surface area (Å²) < 4.78 is 15.5. The molecule has 0 amide bonds. The Balaban J connectivity index is 0. The van der Waals surface area contributed by atoms with E-state index in [9.17, 15) is 0 Å². The molecular formula is C8H21Cl3O3Si2. The fourth-order valence-corrected chi connectivity index (χ4v) is 2.92. The molecule has 0 spiro atoms. The fraction of sp³-hybridized carbons (Fsp3) is 1.00. The summed E-state index contributed by atoms with van der Waals surface area (Å²) in [5.74, 6) is 0.616.